The quantitative estimate of drug-likeness (QED) is 0.171. The van der Waals surface area contributed by atoms with Crippen molar-refractivity contribution in [2.24, 2.45) is 27.6 Å². The van der Waals surface area contributed by atoms with Gasteiger partial charge in [-0.25, -0.2) is 4.39 Å². The number of ketones is 4. The smallest absolute Gasteiger partial charge is 0.179 e. The van der Waals surface area contributed by atoms with Crippen molar-refractivity contribution >= 4 is 45.9 Å². The van der Waals surface area contributed by atoms with Gasteiger partial charge >= 0.3 is 0 Å². The van der Waals surface area contributed by atoms with E-state index in [1.807, 2.05) is 45.9 Å². The molecular formula is C54H64ClFO6. The molecule has 0 bridgehead atoms. The number of carbonyl (C=O) groups is 4. The van der Waals surface area contributed by atoms with Gasteiger partial charge in [0.25, 0.3) is 0 Å². The lowest BCUT2D eigenvalue weighted by molar-refractivity contribution is -0.144. The normalized spacial score (nSPS) is 17.7. The first-order valence-electron chi connectivity index (χ1n) is 21.7. The molecule has 8 heteroatoms. The molecule has 0 amide bonds. The molecule has 2 aliphatic rings. The Bertz CT molecular complexity index is 2460. The van der Waals surface area contributed by atoms with Crippen molar-refractivity contribution < 1.29 is 33.8 Å². The van der Waals surface area contributed by atoms with Gasteiger partial charge in [-0.2, -0.15) is 0 Å². The van der Waals surface area contributed by atoms with Crippen molar-refractivity contribution in [1.29, 1.82) is 0 Å². The number of hydrogen-bond acceptors (Lipinski definition) is 6. The minimum atomic E-state index is -1.27. The number of aliphatic hydroxyl groups excluding tert-OH is 2. The van der Waals surface area contributed by atoms with E-state index in [9.17, 15) is 33.8 Å². The molecule has 0 spiro atoms. The molecule has 0 heterocycles. The molecular weight excluding hydrogens is 799 g/mol. The van der Waals surface area contributed by atoms with E-state index in [-0.39, 0.29) is 40.0 Å². The first kappa shape index (κ1) is 49.5. The number of allylic oxidation sites excluding steroid dienone is 4. The molecule has 0 unspecified atom stereocenters. The van der Waals surface area contributed by atoms with Crippen LogP contribution >= 0.6 is 11.6 Å². The topological polar surface area (TPSA) is 109 Å². The van der Waals surface area contributed by atoms with E-state index in [0.717, 1.165) is 40.7 Å². The molecule has 330 valence electrons. The van der Waals surface area contributed by atoms with Crippen LogP contribution in [0.5, 0.6) is 0 Å². The lowest BCUT2D eigenvalue weighted by atomic mass is 9.62. The Balaban J connectivity index is 0.000000263. The van der Waals surface area contributed by atoms with E-state index in [2.05, 4.69) is 44.2 Å². The standard InChI is InChI=1S/C28H34O3.C24H24ClFO3.C2H6/c1-8-19-13-14-21(20-11-9-18(10-12-20)15-17(2)3)16-22(19)23-24(29)27(4,5)26(31)28(6,7)25(23)30;1-6-13-7-8-14(16-10-9-15(25)12-18(16)26)11-17(13)19-20(27)23(2,3)22(29)24(4,5)21(19)28;1-2/h9-14,16-17,29H,8,15H2,1-7H3;7-12,27H,6H2,1-5H3;1-2H3. The minimum Gasteiger partial charge on any atom is -0.510 e. The zero-order valence-corrected chi connectivity index (χ0v) is 39.7. The van der Waals surface area contributed by atoms with Crippen LogP contribution in [-0.2, 0) is 38.4 Å². The number of aliphatic hydroxyl groups is 2. The van der Waals surface area contributed by atoms with E-state index in [4.69, 9.17) is 11.6 Å². The fraction of sp³-hybridized carbons (Fsp3) is 0.407. The largest absolute Gasteiger partial charge is 0.510 e. The van der Waals surface area contributed by atoms with Crippen molar-refractivity contribution in [2.45, 2.75) is 116 Å². The van der Waals surface area contributed by atoms with Gasteiger partial charge in [0.1, 0.15) is 17.3 Å². The van der Waals surface area contributed by atoms with Crippen molar-refractivity contribution in [3.8, 4) is 22.3 Å². The van der Waals surface area contributed by atoms with Crippen LogP contribution < -0.4 is 0 Å². The highest BCUT2D eigenvalue weighted by Gasteiger charge is 2.54. The van der Waals surface area contributed by atoms with Crippen LogP contribution in [0.3, 0.4) is 0 Å². The fourth-order valence-electron chi connectivity index (χ4n) is 8.56. The summed E-state index contributed by atoms with van der Waals surface area (Å²) in [6.45, 7) is 25.5. The SMILES string of the molecule is CC.CCc1ccc(-c2ccc(CC(C)C)cc2)cc1C1=C(O)C(C)(C)C(=O)C(C)(C)C1=O.CCc1ccc(-c2ccc(Cl)cc2F)cc1C1=C(O)C(C)(C)C(=O)C(C)(C)C1=O. The zero-order valence-electron chi connectivity index (χ0n) is 39.0. The molecule has 0 fully saturated rings. The highest BCUT2D eigenvalue weighted by atomic mass is 35.5. The second-order valence-electron chi connectivity index (χ2n) is 18.6. The average molecular weight is 864 g/mol. The summed E-state index contributed by atoms with van der Waals surface area (Å²) < 4.78 is 14.5. The summed E-state index contributed by atoms with van der Waals surface area (Å²) in [6, 6.07) is 24.3. The maximum absolute atomic E-state index is 14.5. The van der Waals surface area contributed by atoms with Crippen LogP contribution in [0.1, 0.15) is 125 Å². The van der Waals surface area contributed by atoms with E-state index in [1.165, 1.54) is 11.6 Å². The van der Waals surface area contributed by atoms with Gasteiger partial charge in [0.15, 0.2) is 23.1 Å². The first-order chi connectivity index (χ1) is 28.8. The summed E-state index contributed by atoms with van der Waals surface area (Å²) >= 11 is 5.86. The Morgan fingerprint density at radius 2 is 0.952 bits per heavy atom. The Hall–Kier alpha value is -5.14. The molecule has 6 rings (SSSR count). The van der Waals surface area contributed by atoms with E-state index in [1.54, 1.807) is 79.7 Å². The van der Waals surface area contributed by atoms with Crippen LogP contribution in [0.15, 0.2) is 90.4 Å². The molecule has 2 aliphatic carbocycles. The van der Waals surface area contributed by atoms with Crippen molar-refractivity contribution in [3.63, 3.8) is 0 Å². The molecule has 62 heavy (non-hydrogen) atoms. The second-order valence-corrected chi connectivity index (χ2v) is 19.1. The van der Waals surface area contributed by atoms with Gasteiger partial charge in [0.05, 0.1) is 32.8 Å². The number of rotatable bonds is 8. The van der Waals surface area contributed by atoms with Crippen LogP contribution in [0.2, 0.25) is 5.02 Å². The molecule has 4 aromatic carbocycles. The number of carbonyl (C=O) groups excluding carboxylic acids is 4. The van der Waals surface area contributed by atoms with Gasteiger partial charge in [0.2, 0.25) is 0 Å². The molecule has 0 saturated heterocycles. The summed E-state index contributed by atoms with van der Waals surface area (Å²) in [7, 11) is 0. The Morgan fingerprint density at radius 1 is 0.548 bits per heavy atom. The van der Waals surface area contributed by atoms with Gasteiger partial charge in [-0.1, -0.05) is 102 Å². The van der Waals surface area contributed by atoms with Crippen LogP contribution in [0, 0.1) is 33.4 Å². The van der Waals surface area contributed by atoms with E-state index < -0.39 is 33.3 Å². The summed E-state index contributed by atoms with van der Waals surface area (Å²) in [5, 5.41) is 22.3. The van der Waals surface area contributed by atoms with Crippen molar-refractivity contribution in [3.05, 3.63) is 129 Å². The highest BCUT2D eigenvalue weighted by Crippen LogP contribution is 2.49. The third-order valence-electron chi connectivity index (χ3n) is 12.2. The number of hydrogen-bond donors (Lipinski definition) is 2. The predicted octanol–water partition coefficient (Wildman–Crippen LogP) is 13.8. The maximum atomic E-state index is 14.5. The fourth-order valence-corrected chi connectivity index (χ4v) is 8.72. The molecule has 0 saturated carbocycles. The van der Waals surface area contributed by atoms with Gasteiger partial charge < -0.3 is 10.2 Å². The number of aryl methyl sites for hydroxylation is 2. The number of halogens is 2. The third kappa shape index (κ3) is 9.15. The molecule has 4 aromatic rings. The highest BCUT2D eigenvalue weighted by molar-refractivity contribution is 6.35. The predicted molar refractivity (Wildman–Crippen MR) is 252 cm³/mol. The number of Topliss-reactive ketones (excluding diaryl/α,β-unsaturated/α-hetero) is 4. The average Bonchev–Trinajstić information content (AvgIpc) is 3.23. The van der Waals surface area contributed by atoms with Crippen molar-refractivity contribution in [2.75, 3.05) is 0 Å². The Kier molecular flexibility index (Phi) is 14.9. The maximum Gasteiger partial charge on any atom is 0.179 e. The van der Waals surface area contributed by atoms with Crippen molar-refractivity contribution in [1.82, 2.24) is 0 Å². The molecule has 0 radical (unpaired) electrons. The van der Waals surface area contributed by atoms with Crippen LogP contribution in [0.25, 0.3) is 33.4 Å². The monoisotopic (exact) mass is 862 g/mol. The van der Waals surface area contributed by atoms with Gasteiger partial charge in [-0.15, -0.1) is 0 Å². The summed E-state index contributed by atoms with van der Waals surface area (Å²) in [5.41, 5.74) is 2.99. The Labute approximate surface area is 373 Å². The van der Waals surface area contributed by atoms with Gasteiger partial charge in [-0.3, -0.25) is 19.2 Å². The molecule has 2 N–H and O–H groups in total. The molecule has 0 aromatic heterocycles. The van der Waals surface area contributed by atoms with Crippen LogP contribution in [-0.4, -0.2) is 33.3 Å². The first-order valence-corrected chi connectivity index (χ1v) is 22.1. The molecule has 6 nitrogen and oxygen atoms in total. The summed E-state index contributed by atoms with van der Waals surface area (Å²) in [4.78, 5) is 52.3. The number of benzene rings is 4. The van der Waals surface area contributed by atoms with Gasteiger partial charge in [0, 0.05) is 10.6 Å². The summed E-state index contributed by atoms with van der Waals surface area (Å²) in [5.74, 6) is -1.55. The van der Waals surface area contributed by atoms with Crippen LogP contribution in [0.4, 0.5) is 4.39 Å². The van der Waals surface area contributed by atoms with E-state index in [0.29, 0.717) is 34.1 Å². The third-order valence-corrected chi connectivity index (χ3v) is 12.4. The molecule has 0 atom stereocenters. The lowest BCUT2D eigenvalue weighted by Gasteiger charge is -2.38. The van der Waals surface area contributed by atoms with Gasteiger partial charge in [-0.05, 0) is 155 Å². The second kappa shape index (κ2) is 18.7. The summed E-state index contributed by atoms with van der Waals surface area (Å²) in [6.07, 6.45) is 2.37. The minimum absolute atomic E-state index is 0.124. The van der Waals surface area contributed by atoms with E-state index >= 15 is 0 Å². The Morgan fingerprint density at radius 3 is 1.35 bits per heavy atom. The molecule has 0 aliphatic heterocycles. The lowest BCUT2D eigenvalue weighted by Crippen LogP contribution is -2.48. The zero-order chi connectivity index (χ0) is 46.9.